The van der Waals surface area contributed by atoms with Gasteiger partial charge in [-0.3, -0.25) is 9.59 Å². The molecule has 200 valence electrons. The fourth-order valence-corrected chi connectivity index (χ4v) is 6.34. The molecule has 0 spiro atoms. The number of anilines is 1. The molecule has 1 fully saturated rings. The summed E-state index contributed by atoms with van der Waals surface area (Å²) >= 11 is 6.00. The van der Waals surface area contributed by atoms with Crippen LogP contribution in [0.3, 0.4) is 0 Å². The number of carbonyl (C=O) groups excluding carboxylic acids is 2. The molecule has 1 aliphatic heterocycles. The highest BCUT2D eigenvalue weighted by molar-refractivity contribution is 7.88. The van der Waals surface area contributed by atoms with Crippen LogP contribution < -0.4 is 10.6 Å². The summed E-state index contributed by atoms with van der Waals surface area (Å²) in [7, 11) is -3.81. The Morgan fingerprint density at radius 1 is 0.947 bits per heavy atom. The first-order valence-corrected chi connectivity index (χ1v) is 14.4. The maximum atomic E-state index is 14.1. The molecule has 0 aromatic heterocycles. The molecule has 2 N–H and O–H groups in total. The van der Waals surface area contributed by atoms with Crippen molar-refractivity contribution in [3.63, 3.8) is 0 Å². The van der Waals surface area contributed by atoms with Gasteiger partial charge in [0.05, 0.1) is 17.0 Å². The second kappa shape index (κ2) is 12.5. The average Bonchev–Trinajstić information content (AvgIpc) is 2.92. The Hall–Kier alpha value is -3.27. The SMILES string of the molecule is O=C(NCCc1ccccc1)c1ccccc1NC(=O)C1CCN(S(=O)(=O)Cc2c(F)cccc2Cl)CC1. The highest BCUT2D eigenvalue weighted by Crippen LogP contribution is 2.27. The van der Waals surface area contributed by atoms with Crippen LogP contribution in [0.2, 0.25) is 5.02 Å². The Kier molecular flexibility index (Phi) is 9.14. The van der Waals surface area contributed by atoms with Crippen molar-refractivity contribution in [2.24, 2.45) is 5.92 Å². The van der Waals surface area contributed by atoms with Crippen molar-refractivity contribution < 1.29 is 22.4 Å². The minimum atomic E-state index is -3.81. The van der Waals surface area contributed by atoms with Gasteiger partial charge >= 0.3 is 0 Å². The first-order valence-electron chi connectivity index (χ1n) is 12.4. The quantitative estimate of drug-likeness (QED) is 0.401. The summed E-state index contributed by atoms with van der Waals surface area (Å²) in [6.45, 7) is 0.721. The summed E-state index contributed by atoms with van der Waals surface area (Å²) in [5.74, 6) is -2.19. The summed E-state index contributed by atoms with van der Waals surface area (Å²) < 4.78 is 41.1. The molecule has 0 bridgehead atoms. The van der Waals surface area contributed by atoms with E-state index in [-0.39, 0.29) is 35.5 Å². The zero-order valence-electron chi connectivity index (χ0n) is 20.7. The number of para-hydroxylation sites is 1. The maximum Gasteiger partial charge on any atom is 0.253 e. The minimum absolute atomic E-state index is 0.0607. The van der Waals surface area contributed by atoms with E-state index in [1.54, 1.807) is 24.3 Å². The Balaban J connectivity index is 1.32. The van der Waals surface area contributed by atoms with Crippen LogP contribution in [-0.4, -0.2) is 44.2 Å². The lowest BCUT2D eigenvalue weighted by Crippen LogP contribution is -2.42. The van der Waals surface area contributed by atoms with E-state index in [1.807, 2.05) is 30.3 Å². The molecule has 0 unspecified atom stereocenters. The van der Waals surface area contributed by atoms with Crippen molar-refractivity contribution in [3.8, 4) is 0 Å². The number of benzene rings is 3. The zero-order valence-corrected chi connectivity index (χ0v) is 22.3. The van der Waals surface area contributed by atoms with Gasteiger partial charge in [-0.15, -0.1) is 0 Å². The first kappa shape index (κ1) is 27.8. The van der Waals surface area contributed by atoms with E-state index >= 15 is 0 Å². The summed E-state index contributed by atoms with van der Waals surface area (Å²) in [4.78, 5) is 25.8. The molecule has 1 heterocycles. The van der Waals surface area contributed by atoms with Gasteiger partial charge in [0.25, 0.3) is 5.91 Å². The molecule has 3 aromatic carbocycles. The molecule has 0 atom stereocenters. The van der Waals surface area contributed by atoms with E-state index in [0.29, 0.717) is 37.1 Å². The summed E-state index contributed by atoms with van der Waals surface area (Å²) in [5, 5.41) is 5.79. The van der Waals surface area contributed by atoms with Gasteiger partial charge in [-0.05, 0) is 49.1 Å². The lowest BCUT2D eigenvalue weighted by molar-refractivity contribution is -0.120. The third kappa shape index (κ3) is 6.98. The third-order valence-corrected chi connectivity index (χ3v) is 8.74. The molecule has 7 nitrogen and oxygen atoms in total. The highest BCUT2D eigenvalue weighted by atomic mass is 35.5. The lowest BCUT2D eigenvalue weighted by atomic mass is 9.97. The molecule has 4 rings (SSSR count). The molecule has 38 heavy (non-hydrogen) atoms. The summed E-state index contributed by atoms with van der Waals surface area (Å²) in [6, 6.07) is 20.6. The van der Waals surface area contributed by atoms with Gasteiger partial charge in [0.15, 0.2) is 0 Å². The third-order valence-electron chi connectivity index (χ3n) is 6.58. The number of carbonyl (C=O) groups is 2. The number of rotatable bonds is 9. The smallest absolute Gasteiger partial charge is 0.253 e. The molecule has 10 heteroatoms. The van der Waals surface area contributed by atoms with Gasteiger partial charge in [0.2, 0.25) is 15.9 Å². The summed E-state index contributed by atoms with van der Waals surface area (Å²) in [5.41, 5.74) is 1.81. The number of halogens is 2. The second-order valence-corrected chi connectivity index (χ2v) is 11.5. The van der Waals surface area contributed by atoms with E-state index < -0.39 is 27.5 Å². The molecular formula is C28H29ClFN3O4S. The van der Waals surface area contributed by atoms with Crippen LogP contribution in [0.1, 0.15) is 34.3 Å². The normalized spacial score (nSPS) is 14.7. The number of sulfonamides is 1. The molecular weight excluding hydrogens is 529 g/mol. The van der Waals surface area contributed by atoms with E-state index in [1.165, 1.54) is 22.5 Å². The van der Waals surface area contributed by atoms with Crippen molar-refractivity contribution >= 4 is 39.1 Å². The molecule has 0 aliphatic carbocycles. The number of amides is 2. The Morgan fingerprint density at radius 2 is 1.63 bits per heavy atom. The second-order valence-electron chi connectivity index (χ2n) is 9.16. The number of piperidine rings is 1. The van der Waals surface area contributed by atoms with Gasteiger partial charge in [0.1, 0.15) is 5.82 Å². The molecule has 2 amide bonds. The van der Waals surface area contributed by atoms with Crippen molar-refractivity contribution in [2.45, 2.75) is 25.0 Å². The molecule has 0 saturated carbocycles. The maximum absolute atomic E-state index is 14.1. The van der Waals surface area contributed by atoms with Crippen molar-refractivity contribution in [2.75, 3.05) is 25.0 Å². The Morgan fingerprint density at radius 3 is 2.34 bits per heavy atom. The zero-order chi connectivity index (χ0) is 27.1. The predicted molar refractivity (Wildman–Crippen MR) is 146 cm³/mol. The Labute approximate surface area is 227 Å². The van der Waals surface area contributed by atoms with E-state index in [2.05, 4.69) is 10.6 Å². The number of hydrogen-bond donors (Lipinski definition) is 2. The van der Waals surface area contributed by atoms with E-state index in [9.17, 15) is 22.4 Å². The molecule has 1 aliphatic rings. The van der Waals surface area contributed by atoms with Crippen LogP contribution >= 0.6 is 11.6 Å². The largest absolute Gasteiger partial charge is 0.352 e. The van der Waals surface area contributed by atoms with Crippen molar-refractivity contribution in [1.29, 1.82) is 0 Å². The highest BCUT2D eigenvalue weighted by Gasteiger charge is 2.32. The van der Waals surface area contributed by atoms with Crippen LogP contribution in [-0.2, 0) is 27.0 Å². The fraction of sp³-hybridized carbons (Fsp3) is 0.286. The van der Waals surface area contributed by atoms with Gasteiger partial charge < -0.3 is 10.6 Å². The minimum Gasteiger partial charge on any atom is -0.352 e. The lowest BCUT2D eigenvalue weighted by Gasteiger charge is -2.30. The summed E-state index contributed by atoms with van der Waals surface area (Å²) in [6.07, 6.45) is 1.30. The number of hydrogen-bond acceptors (Lipinski definition) is 4. The van der Waals surface area contributed by atoms with Crippen LogP contribution in [0.25, 0.3) is 0 Å². The number of nitrogens with one attached hydrogen (secondary N) is 2. The number of nitrogens with zero attached hydrogens (tertiary/aromatic N) is 1. The van der Waals surface area contributed by atoms with Crippen molar-refractivity contribution in [3.05, 3.63) is 100 Å². The predicted octanol–water partition coefficient (Wildman–Crippen LogP) is 4.63. The van der Waals surface area contributed by atoms with Crippen molar-refractivity contribution in [1.82, 2.24) is 9.62 Å². The van der Waals surface area contributed by atoms with Crippen LogP contribution in [0.15, 0.2) is 72.8 Å². The van der Waals surface area contributed by atoms with Gasteiger partial charge in [-0.25, -0.2) is 17.1 Å². The van der Waals surface area contributed by atoms with E-state index in [4.69, 9.17) is 11.6 Å². The average molecular weight is 558 g/mol. The van der Waals surface area contributed by atoms with Gasteiger partial charge in [-0.2, -0.15) is 0 Å². The monoisotopic (exact) mass is 557 g/mol. The van der Waals surface area contributed by atoms with E-state index in [0.717, 1.165) is 5.56 Å². The van der Waals surface area contributed by atoms with Gasteiger partial charge in [-0.1, -0.05) is 60.1 Å². The molecule has 1 saturated heterocycles. The topological polar surface area (TPSA) is 95.6 Å². The van der Waals surface area contributed by atoms with Crippen LogP contribution in [0.5, 0.6) is 0 Å². The fourth-order valence-electron chi connectivity index (χ4n) is 4.43. The standard InChI is InChI=1S/C28H29ClFN3O4S/c29-24-10-6-11-25(30)23(24)19-38(36,37)33-17-14-21(15-18-33)27(34)32-26-12-5-4-9-22(26)28(35)31-16-13-20-7-2-1-3-8-20/h1-12,21H,13-19H2,(H,31,35)(H,32,34). The van der Waals surface area contributed by atoms with Gasteiger partial charge in [0, 0.05) is 36.1 Å². The molecule has 0 radical (unpaired) electrons. The first-order chi connectivity index (χ1) is 18.2. The van der Waals surface area contributed by atoms with Crippen LogP contribution in [0, 0.1) is 11.7 Å². The van der Waals surface area contributed by atoms with Crippen LogP contribution in [0.4, 0.5) is 10.1 Å². The molecule has 3 aromatic rings. The Bertz CT molecular complexity index is 1370.